The number of benzene rings is 2. The molecule has 2 aromatic carbocycles. The van der Waals surface area contributed by atoms with Crippen molar-refractivity contribution in [3.8, 4) is 17.6 Å². The van der Waals surface area contributed by atoms with Gasteiger partial charge >= 0.3 is 5.97 Å². The van der Waals surface area contributed by atoms with Gasteiger partial charge in [-0.1, -0.05) is 19.1 Å². The Balaban J connectivity index is 2.42. The third-order valence-electron chi connectivity index (χ3n) is 4.25. The van der Waals surface area contributed by atoms with Gasteiger partial charge in [0.25, 0.3) is 0 Å². The summed E-state index contributed by atoms with van der Waals surface area (Å²) in [6.07, 6.45) is 2.70. The Morgan fingerprint density at radius 3 is 2.41 bits per heavy atom. The van der Waals surface area contributed by atoms with Gasteiger partial charge in [0.15, 0.2) is 11.5 Å². The van der Waals surface area contributed by atoms with E-state index in [1.807, 2.05) is 26.0 Å². The van der Waals surface area contributed by atoms with Gasteiger partial charge < -0.3 is 14.6 Å². The summed E-state index contributed by atoms with van der Waals surface area (Å²) in [5.74, 6) is 0.315. The second-order valence-electron chi connectivity index (χ2n) is 6.26. The average molecular weight is 365 g/mol. The van der Waals surface area contributed by atoms with Crippen LogP contribution in [0.1, 0.15) is 47.3 Å². The molecule has 5 heteroatoms. The number of carboxylic acid groups (broad SMARTS) is 1. The largest absolute Gasteiger partial charge is 0.493 e. The zero-order chi connectivity index (χ0) is 20.0. The Labute approximate surface area is 159 Å². The molecular weight excluding hydrogens is 342 g/mol. The lowest BCUT2D eigenvalue weighted by Crippen LogP contribution is -2.11. The zero-order valence-electron chi connectivity index (χ0n) is 15.9. The molecule has 0 aliphatic carbocycles. The van der Waals surface area contributed by atoms with Crippen LogP contribution >= 0.6 is 0 Å². The smallest absolute Gasteiger partial charge is 0.335 e. The number of carbonyl (C=O) groups is 1. The predicted molar refractivity (Wildman–Crippen MR) is 105 cm³/mol. The Morgan fingerprint density at radius 2 is 1.89 bits per heavy atom. The Hall–Kier alpha value is -3.26. The van der Waals surface area contributed by atoms with Crippen molar-refractivity contribution in [1.82, 2.24) is 0 Å². The first-order chi connectivity index (χ1) is 12.9. The highest BCUT2D eigenvalue weighted by Gasteiger charge is 2.13. The van der Waals surface area contributed by atoms with Crippen LogP contribution in [0.25, 0.3) is 11.6 Å². The predicted octanol–water partition coefficient (Wildman–Crippen LogP) is 4.94. The van der Waals surface area contributed by atoms with E-state index in [1.165, 1.54) is 12.1 Å². The van der Waals surface area contributed by atoms with E-state index in [0.717, 1.165) is 17.5 Å². The number of allylic oxidation sites excluding steroid dienone is 1. The van der Waals surface area contributed by atoms with Crippen molar-refractivity contribution in [3.05, 3.63) is 58.7 Å². The summed E-state index contributed by atoms with van der Waals surface area (Å²) in [7, 11) is 1.58. The molecule has 5 nitrogen and oxygen atoms in total. The summed E-state index contributed by atoms with van der Waals surface area (Å²) in [4.78, 5) is 11.0. The number of aryl methyl sites for hydroxylation is 1. The topological polar surface area (TPSA) is 79.5 Å². The number of carboxylic acids is 1. The maximum Gasteiger partial charge on any atom is 0.335 e. The molecule has 0 radical (unpaired) electrons. The summed E-state index contributed by atoms with van der Waals surface area (Å²) in [6.45, 7) is 5.99. The number of nitrogens with zero attached hydrogens (tertiary/aromatic N) is 1. The molecule has 0 saturated carbocycles. The first-order valence-electron chi connectivity index (χ1n) is 8.70. The van der Waals surface area contributed by atoms with Crippen molar-refractivity contribution < 1.29 is 19.4 Å². The number of ether oxygens (including phenoxy) is 2. The fraction of sp³-hybridized carbons (Fsp3) is 0.273. The van der Waals surface area contributed by atoms with Crippen molar-refractivity contribution in [2.24, 2.45) is 0 Å². The first-order valence-corrected chi connectivity index (χ1v) is 8.70. The van der Waals surface area contributed by atoms with Crippen LogP contribution in [0.4, 0.5) is 0 Å². The van der Waals surface area contributed by atoms with E-state index in [0.29, 0.717) is 22.6 Å². The molecule has 0 spiro atoms. The van der Waals surface area contributed by atoms with Crippen LogP contribution in [0, 0.1) is 18.3 Å². The summed E-state index contributed by atoms with van der Waals surface area (Å²) >= 11 is 0. The van der Waals surface area contributed by atoms with Crippen molar-refractivity contribution in [2.45, 2.75) is 33.3 Å². The number of aromatic carboxylic acids is 1. The fourth-order valence-electron chi connectivity index (χ4n) is 2.58. The van der Waals surface area contributed by atoms with E-state index < -0.39 is 5.97 Å². The van der Waals surface area contributed by atoms with Crippen molar-refractivity contribution in [3.63, 3.8) is 0 Å². The van der Waals surface area contributed by atoms with Crippen LogP contribution in [0.15, 0.2) is 36.4 Å². The highest BCUT2D eigenvalue weighted by molar-refractivity contribution is 5.92. The second kappa shape index (κ2) is 8.91. The maximum atomic E-state index is 11.0. The Morgan fingerprint density at radius 1 is 1.26 bits per heavy atom. The molecule has 0 bridgehead atoms. The molecule has 0 heterocycles. The van der Waals surface area contributed by atoms with Gasteiger partial charge in [-0.3, -0.25) is 0 Å². The van der Waals surface area contributed by atoms with Gasteiger partial charge in [0.2, 0.25) is 0 Å². The third kappa shape index (κ3) is 4.89. The van der Waals surface area contributed by atoms with Crippen molar-refractivity contribution >= 4 is 17.6 Å². The average Bonchev–Trinajstić information content (AvgIpc) is 2.67. The Kier molecular flexibility index (Phi) is 6.62. The SMILES string of the molecule is CCC(C)Oc1c(C)cc(/C=C(\C#N)c2ccc(C(=O)O)cc2)cc1OC. The zero-order valence-corrected chi connectivity index (χ0v) is 15.9. The highest BCUT2D eigenvalue weighted by atomic mass is 16.5. The molecule has 27 heavy (non-hydrogen) atoms. The standard InChI is InChI=1S/C22H23NO4/c1-5-15(3)27-21-14(2)10-16(12-20(21)26-4)11-19(13-23)17-6-8-18(9-7-17)22(24)25/h6-12,15H,5H2,1-4H3,(H,24,25)/b19-11+. The van der Waals surface area contributed by atoms with Crippen LogP contribution in [0.3, 0.4) is 0 Å². The summed E-state index contributed by atoms with van der Waals surface area (Å²) < 4.78 is 11.4. The lowest BCUT2D eigenvalue weighted by Gasteiger charge is -2.18. The van der Waals surface area contributed by atoms with Gasteiger partial charge in [-0.25, -0.2) is 4.79 Å². The van der Waals surface area contributed by atoms with Gasteiger partial charge in [0.1, 0.15) is 0 Å². The lowest BCUT2D eigenvalue weighted by atomic mass is 10.0. The minimum Gasteiger partial charge on any atom is -0.493 e. The maximum absolute atomic E-state index is 11.0. The van der Waals surface area contributed by atoms with Crippen molar-refractivity contribution in [1.29, 1.82) is 5.26 Å². The quantitative estimate of drug-likeness (QED) is 0.555. The molecular formula is C22H23NO4. The molecule has 1 atom stereocenters. The lowest BCUT2D eigenvalue weighted by molar-refractivity contribution is 0.0697. The van der Waals surface area contributed by atoms with E-state index in [2.05, 4.69) is 13.0 Å². The summed E-state index contributed by atoms with van der Waals surface area (Å²) in [5.41, 5.74) is 2.99. The molecule has 0 aromatic heterocycles. The number of hydrogen-bond donors (Lipinski definition) is 1. The molecule has 1 N–H and O–H groups in total. The van der Waals surface area contributed by atoms with Gasteiger partial charge in [-0.2, -0.15) is 5.26 Å². The van der Waals surface area contributed by atoms with E-state index >= 15 is 0 Å². The monoisotopic (exact) mass is 365 g/mol. The number of nitriles is 1. The molecule has 1 unspecified atom stereocenters. The normalized spacial score (nSPS) is 12.2. The van der Waals surface area contributed by atoms with E-state index in [1.54, 1.807) is 25.3 Å². The molecule has 2 rings (SSSR count). The van der Waals surface area contributed by atoms with Crippen LogP contribution < -0.4 is 9.47 Å². The molecule has 0 amide bonds. The second-order valence-corrected chi connectivity index (χ2v) is 6.26. The van der Waals surface area contributed by atoms with Crippen LogP contribution in [-0.4, -0.2) is 24.3 Å². The van der Waals surface area contributed by atoms with Crippen LogP contribution in [0.5, 0.6) is 11.5 Å². The number of methoxy groups -OCH3 is 1. The van der Waals surface area contributed by atoms with Crippen molar-refractivity contribution in [2.75, 3.05) is 7.11 Å². The minimum atomic E-state index is -0.999. The third-order valence-corrected chi connectivity index (χ3v) is 4.25. The highest BCUT2D eigenvalue weighted by Crippen LogP contribution is 2.34. The van der Waals surface area contributed by atoms with Gasteiger partial charge in [-0.05, 0) is 67.3 Å². The van der Waals surface area contributed by atoms with E-state index in [-0.39, 0.29) is 11.7 Å². The summed E-state index contributed by atoms with van der Waals surface area (Å²) in [5, 5.41) is 18.5. The van der Waals surface area contributed by atoms with E-state index in [9.17, 15) is 10.1 Å². The van der Waals surface area contributed by atoms with Crippen LogP contribution in [0.2, 0.25) is 0 Å². The first kappa shape index (κ1) is 20.1. The fourth-order valence-corrected chi connectivity index (χ4v) is 2.58. The Bertz CT molecular complexity index is 892. The number of hydrogen-bond acceptors (Lipinski definition) is 4. The van der Waals surface area contributed by atoms with E-state index in [4.69, 9.17) is 14.6 Å². The molecule has 0 saturated heterocycles. The van der Waals surface area contributed by atoms with Crippen LogP contribution in [-0.2, 0) is 0 Å². The number of rotatable bonds is 7. The molecule has 0 aliphatic heterocycles. The minimum absolute atomic E-state index is 0.0708. The van der Waals surface area contributed by atoms with Gasteiger partial charge in [0.05, 0.1) is 30.4 Å². The molecule has 0 aliphatic rings. The molecule has 140 valence electrons. The summed E-state index contributed by atoms with van der Waals surface area (Å²) in [6, 6.07) is 12.2. The molecule has 2 aromatic rings. The van der Waals surface area contributed by atoms with Gasteiger partial charge in [0, 0.05) is 0 Å². The molecule has 0 fully saturated rings. The van der Waals surface area contributed by atoms with Gasteiger partial charge in [-0.15, -0.1) is 0 Å².